The van der Waals surface area contributed by atoms with Crippen LogP contribution < -0.4 is 10.6 Å². The highest BCUT2D eigenvalue weighted by Gasteiger charge is 2.22. The van der Waals surface area contributed by atoms with Gasteiger partial charge >= 0.3 is 0 Å². The molecule has 0 saturated heterocycles. The molecule has 0 atom stereocenters. The zero-order valence-corrected chi connectivity index (χ0v) is 8.58. The molecule has 3 N–H and O–H groups in total. The number of hydrogen-bond acceptors (Lipinski definition) is 2. The van der Waals surface area contributed by atoms with Crippen LogP contribution in [0.2, 0.25) is 0 Å². The van der Waals surface area contributed by atoms with Gasteiger partial charge in [0.1, 0.15) is 5.84 Å². The highest BCUT2D eigenvalue weighted by atomic mass is 16.2. The van der Waals surface area contributed by atoms with Gasteiger partial charge in [0, 0.05) is 24.7 Å². The molecule has 1 aromatic rings. The van der Waals surface area contributed by atoms with Crippen LogP contribution in [0.5, 0.6) is 0 Å². The van der Waals surface area contributed by atoms with E-state index in [1.54, 1.807) is 17.9 Å². The molecule has 2 rings (SSSR count). The topological polar surface area (TPSA) is 70.2 Å². The standard InChI is InChI=1S/C11H13N3O/c1-7(15)14-5-4-8-6-9(11(12)13)2-3-10(8)14/h2-3,6H,4-5H2,1H3,(H3,12,13). The lowest BCUT2D eigenvalue weighted by molar-refractivity contribution is -0.116. The maximum Gasteiger partial charge on any atom is 0.223 e. The van der Waals surface area contributed by atoms with Crippen molar-refractivity contribution in [3.8, 4) is 0 Å². The molecule has 0 bridgehead atoms. The minimum Gasteiger partial charge on any atom is -0.384 e. The van der Waals surface area contributed by atoms with Crippen molar-refractivity contribution in [3.63, 3.8) is 0 Å². The number of carbonyl (C=O) groups is 1. The number of nitrogens with two attached hydrogens (primary N) is 1. The van der Waals surface area contributed by atoms with E-state index in [0.29, 0.717) is 0 Å². The van der Waals surface area contributed by atoms with Crippen LogP contribution >= 0.6 is 0 Å². The number of amidine groups is 1. The van der Waals surface area contributed by atoms with Gasteiger partial charge in [0.15, 0.2) is 0 Å². The smallest absolute Gasteiger partial charge is 0.223 e. The van der Waals surface area contributed by atoms with Crippen molar-refractivity contribution in [3.05, 3.63) is 29.3 Å². The van der Waals surface area contributed by atoms with Gasteiger partial charge < -0.3 is 10.6 Å². The van der Waals surface area contributed by atoms with Gasteiger partial charge in [-0.3, -0.25) is 10.2 Å². The van der Waals surface area contributed by atoms with Gasteiger partial charge in [-0.15, -0.1) is 0 Å². The van der Waals surface area contributed by atoms with Crippen LogP contribution in [-0.4, -0.2) is 18.3 Å². The number of nitrogens with zero attached hydrogens (tertiary/aromatic N) is 1. The van der Waals surface area contributed by atoms with Crippen LogP contribution in [-0.2, 0) is 11.2 Å². The number of fused-ring (bicyclic) bond motifs is 1. The molecule has 0 unspecified atom stereocenters. The summed E-state index contributed by atoms with van der Waals surface area (Å²) in [6.45, 7) is 2.29. The lowest BCUT2D eigenvalue weighted by Gasteiger charge is -2.14. The molecule has 1 aromatic carbocycles. The molecule has 4 nitrogen and oxygen atoms in total. The Kier molecular flexibility index (Phi) is 2.19. The predicted octanol–water partition coefficient (Wildman–Crippen LogP) is 0.880. The molecule has 0 saturated carbocycles. The van der Waals surface area contributed by atoms with Crippen LogP contribution in [0.4, 0.5) is 5.69 Å². The fraction of sp³-hybridized carbons (Fsp3) is 0.273. The Morgan fingerprint density at radius 1 is 1.53 bits per heavy atom. The van der Waals surface area contributed by atoms with E-state index in [0.717, 1.165) is 29.8 Å². The van der Waals surface area contributed by atoms with E-state index >= 15 is 0 Å². The van der Waals surface area contributed by atoms with Crippen molar-refractivity contribution in [1.29, 1.82) is 5.41 Å². The SMILES string of the molecule is CC(=O)N1CCc2cc(C(=N)N)ccc21. The first-order valence-electron chi connectivity index (χ1n) is 4.85. The van der Waals surface area contributed by atoms with Gasteiger partial charge in [0.2, 0.25) is 5.91 Å². The summed E-state index contributed by atoms with van der Waals surface area (Å²) in [5, 5.41) is 7.33. The van der Waals surface area contributed by atoms with Crippen LogP contribution in [0.3, 0.4) is 0 Å². The second-order valence-electron chi connectivity index (χ2n) is 3.68. The fourth-order valence-corrected chi connectivity index (χ4v) is 1.90. The van der Waals surface area contributed by atoms with Crippen molar-refractivity contribution < 1.29 is 4.79 Å². The molecule has 15 heavy (non-hydrogen) atoms. The Bertz CT molecular complexity index is 439. The lowest BCUT2D eigenvalue weighted by atomic mass is 10.1. The van der Waals surface area contributed by atoms with E-state index in [-0.39, 0.29) is 11.7 Å². The van der Waals surface area contributed by atoms with Gasteiger partial charge in [-0.25, -0.2) is 0 Å². The fourth-order valence-electron chi connectivity index (χ4n) is 1.90. The second kappa shape index (κ2) is 3.38. The largest absolute Gasteiger partial charge is 0.384 e. The molecule has 1 aliphatic heterocycles. The molecular weight excluding hydrogens is 190 g/mol. The van der Waals surface area contributed by atoms with Crippen molar-refractivity contribution in [2.45, 2.75) is 13.3 Å². The quantitative estimate of drug-likeness (QED) is 0.525. The monoisotopic (exact) mass is 203 g/mol. The third-order valence-electron chi connectivity index (χ3n) is 2.67. The Morgan fingerprint density at radius 3 is 2.87 bits per heavy atom. The number of nitrogen functional groups attached to an aromatic ring is 1. The normalized spacial score (nSPS) is 13.8. The minimum atomic E-state index is 0.0596. The number of anilines is 1. The number of hydrogen-bond donors (Lipinski definition) is 2. The molecule has 1 amide bonds. The maximum atomic E-state index is 11.3. The van der Waals surface area contributed by atoms with E-state index in [4.69, 9.17) is 11.1 Å². The van der Waals surface area contributed by atoms with E-state index in [1.165, 1.54) is 0 Å². The van der Waals surface area contributed by atoms with Crippen LogP contribution in [0.15, 0.2) is 18.2 Å². The Hall–Kier alpha value is -1.84. The van der Waals surface area contributed by atoms with Crippen molar-refractivity contribution in [1.82, 2.24) is 0 Å². The molecule has 0 aliphatic carbocycles. The van der Waals surface area contributed by atoms with Crippen LogP contribution in [0, 0.1) is 5.41 Å². The molecule has 0 fully saturated rings. The molecule has 1 heterocycles. The zero-order valence-electron chi connectivity index (χ0n) is 8.58. The summed E-state index contributed by atoms with van der Waals surface area (Å²) in [6.07, 6.45) is 0.843. The van der Waals surface area contributed by atoms with E-state index < -0.39 is 0 Å². The molecule has 0 aromatic heterocycles. The molecule has 4 heteroatoms. The molecular formula is C11H13N3O. The number of carbonyl (C=O) groups excluding carboxylic acids is 1. The second-order valence-corrected chi connectivity index (χ2v) is 3.68. The van der Waals surface area contributed by atoms with Gasteiger partial charge in [0.05, 0.1) is 0 Å². The van der Waals surface area contributed by atoms with Crippen LogP contribution in [0.25, 0.3) is 0 Å². The zero-order chi connectivity index (χ0) is 11.0. The molecule has 1 aliphatic rings. The summed E-state index contributed by atoms with van der Waals surface area (Å²) >= 11 is 0. The average Bonchev–Trinajstić information content (AvgIpc) is 2.59. The maximum absolute atomic E-state index is 11.3. The van der Waals surface area contributed by atoms with Crippen LogP contribution in [0.1, 0.15) is 18.1 Å². The molecule has 78 valence electrons. The van der Waals surface area contributed by atoms with Crippen molar-refractivity contribution in [2.75, 3.05) is 11.4 Å². The lowest BCUT2D eigenvalue weighted by Crippen LogP contribution is -2.25. The Morgan fingerprint density at radius 2 is 2.27 bits per heavy atom. The Labute approximate surface area is 88.2 Å². The summed E-state index contributed by atoms with van der Waals surface area (Å²) in [4.78, 5) is 13.0. The van der Waals surface area contributed by atoms with E-state index in [9.17, 15) is 4.79 Å². The number of rotatable bonds is 1. The Balaban J connectivity index is 2.42. The number of benzene rings is 1. The van der Waals surface area contributed by atoms with E-state index in [1.807, 2.05) is 12.1 Å². The third-order valence-corrected chi connectivity index (χ3v) is 2.67. The van der Waals surface area contributed by atoms with Gasteiger partial charge in [-0.05, 0) is 30.2 Å². The van der Waals surface area contributed by atoms with Gasteiger partial charge in [0.25, 0.3) is 0 Å². The average molecular weight is 203 g/mol. The summed E-state index contributed by atoms with van der Waals surface area (Å²) in [6, 6.07) is 5.53. The summed E-state index contributed by atoms with van der Waals surface area (Å²) in [5.74, 6) is 0.128. The predicted molar refractivity (Wildman–Crippen MR) is 59.2 cm³/mol. The highest BCUT2D eigenvalue weighted by Crippen LogP contribution is 2.28. The highest BCUT2D eigenvalue weighted by molar-refractivity contribution is 5.98. The summed E-state index contributed by atoms with van der Waals surface area (Å²) in [7, 11) is 0. The first-order chi connectivity index (χ1) is 7.09. The number of nitrogens with one attached hydrogen (secondary N) is 1. The van der Waals surface area contributed by atoms with Gasteiger partial charge in [-0.2, -0.15) is 0 Å². The molecule has 0 spiro atoms. The molecule has 0 radical (unpaired) electrons. The van der Waals surface area contributed by atoms with Gasteiger partial charge in [-0.1, -0.05) is 0 Å². The first kappa shape index (κ1) is 9.71. The summed E-state index contributed by atoms with van der Waals surface area (Å²) in [5.41, 5.74) is 8.17. The van der Waals surface area contributed by atoms with E-state index in [2.05, 4.69) is 0 Å². The summed E-state index contributed by atoms with van der Waals surface area (Å²) < 4.78 is 0. The third kappa shape index (κ3) is 1.58. The first-order valence-corrected chi connectivity index (χ1v) is 4.85. The van der Waals surface area contributed by atoms with Crippen molar-refractivity contribution >= 4 is 17.4 Å². The number of amides is 1. The van der Waals surface area contributed by atoms with Crippen molar-refractivity contribution in [2.24, 2.45) is 5.73 Å². The minimum absolute atomic E-state index is 0.0596.